The van der Waals surface area contributed by atoms with Crippen LogP contribution in [0.2, 0.25) is 5.02 Å². The molecule has 0 aliphatic carbocycles. The number of pyridine rings is 1. The first-order valence-electron chi connectivity index (χ1n) is 3.27. The predicted octanol–water partition coefficient (Wildman–Crippen LogP) is 3.13. The van der Waals surface area contributed by atoms with Crippen molar-refractivity contribution in [1.82, 2.24) is 4.98 Å². The maximum Gasteiger partial charge on any atom is 0.231 e. The van der Waals surface area contributed by atoms with Gasteiger partial charge in [0, 0.05) is 12.1 Å². The Bertz CT molecular complexity index is 299. The fourth-order valence-corrected chi connectivity index (χ4v) is 0.972. The zero-order valence-electron chi connectivity index (χ0n) is 6.10. The second kappa shape index (κ2) is 4.43. The minimum Gasteiger partial charge on any atom is -0.226 e. The number of hydrogen-bond donors (Lipinski definition) is 0. The van der Waals surface area contributed by atoms with E-state index in [1.54, 1.807) is 12.2 Å². The van der Waals surface area contributed by atoms with E-state index in [1.165, 1.54) is 12.3 Å². The highest BCUT2D eigenvalue weighted by Crippen LogP contribution is 2.14. The second-order valence-corrected chi connectivity index (χ2v) is 2.81. The quantitative estimate of drug-likeness (QED) is 0.535. The summed E-state index contributed by atoms with van der Waals surface area (Å²) < 4.78 is 12.5. The molecule has 1 heterocycles. The van der Waals surface area contributed by atoms with E-state index in [9.17, 15) is 4.39 Å². The maximum atomic E-state index is 12.5. The molecule has 0 radical (unpaired) electrons. The second-order valence-electron chi connectivity index (χ2n) is 2.10. The minimum absolute atomic E-state index is 0.0201. The summed E-state index contributed by atoms with van der Waals surface area (Å²) in [7, 11) is 0. The summed E-state index contributed by atoms with van der Waals surface area (Å²) in [6.07, 6.45) is 4.85. The number of aromatic nitrogens is 1. The molecular formula is C8H6Cl2FN. The topological polar surface area (TPSA) is 12.9 Å². The van der Waals surface area contributed by atoms with Gasteiger partial charge in [0.1, 0.15) is 0 Å². The van der Waals surface area contributed by atoms with Crippen molar-refractivity contribution in [2.45, 2.75) is 0 Å². The third-order valence-electron chi connectivity index (χ3n) is 1.22. The number of alkyl halides is 1. The lowest BCUT2D eigenvalue weighted by Gasteiger charge is -1.94. The molecule has 0 spiro atoms. The van der Waals surface area contributed by atoms with Gasteiger partial charge >= 0.3 is 0 Å². The normalized spacial score (nSPS) is 10.9. The van der Waals surface area contributed by atoms with E-state index in [0.717, 1.165) is 5.56 Å². The monoisotopic (exact) mass is 205 g/mol. The standard InChI is InChI=1S/C8H6Cl2FN/c9-3-1-2-6-4-7(10)8(11)12-5-6/h1-2,4-5H,3H2. The first kappa shape index (κ1) is 9.49. The van der Waals surface area contributed by atoms with Gasteiger partial charge in [-0.15, -0.1) is 11.6 Å². The molecule has 1 aromatic heterocycles. The highest BCUT2D eigenvalue weighted by molar-refractivity contribution is 6.30. The van der Waals surface area contributed by atoms with E-state index in [4.69, 9.17) is 23.2 Å². The van der Waals surface area contributed by atoms with E-state index in [2.05, 4.69) is 4.98 Å². The summed E-state index contributed by atoms with van der Waals surface area (Å²) in [5.74, 6) is -0.241. The molecule has 0 atom stereocenters. The lowest BCUT2D eigenvalue weighted by atomic mass is 10.3. The summed E-state index contributed by atoms with van der Waals surface area (Å²) in [6.45, 7) is 0. The molecule has 0 saturated carbocycles. The first-order chi connectivity index (χ1) is 5.74. The van der Waals surface area contributed by atoms with Crippen molar-refractivity contribution in [3.8, 4) is 0 Å². The molecule has 0 aliphatic rings. The number of nitrogens with zero attached hydrogens (tertiary/aromatic N) is 1. The lowest BCUT2D eigenvalue weighted by Crippen LogP contribution is -1.84. The molecule has 12 heavy (non-hydrogen) atoms. The van der Waals surface area contributed by atoms with Gasteiger partial charge in [-0.25, -0.2) is 4.98 Å². The highest BCUT2D eigenvalue weighted by atomic mass is 35.5. The van der Waals surface area contributed by atoms with Crippen molar-refractivity contribution >= 4 is 29.3 Å². The van der Waals surface area contributed by atoms with E-state index in [0.29, 0.717) is 5.88 Å². The Hall–Kier alpha value is -0.600. The van der Waals surface area contributed by atoms with Crippen LogP contribution in [0.5, 0.6) is 0 Å². The van der Waals surface area contributed by atoms with Crippen molar-refractivity contribution in [3.05, 3.63) is 34.9 Å². The van der Waals surface area contributed by atoms with E-state index >= 15 is 0 Å². The molecule has 0 bridgehead atoms. The van der Waals surface area contributed by atoms with Gasteiger partial charge in [-0.1, -0.05) is 23.8 Å². The van der Waals surface area contributed by atoms with Crippen LogP contribution in [0, 0.1) is 5.95 Å². The van der Waals surface area contributed by atoms with Crippen molar-refractivity contribution in [1.29, 1.82) is 0 Å². The fraction of sp³-hybridized carbons (Fsp3) is 0.125. The van der Waals surface area contributed by atoms with Crippen molar-refractivity contribution in [3.63, 3.8) is 0 Å². The van der Waals surface area contributed by atoms with Gasteiger partial charge in [-0.3, -0.25) is 0 Å². The molecule has 1 aromatic rings. The maximum absolute atomic E-state index is 12.5. The number of hydrogen-bond acceptors (Lipinski definition) is 1. The van der Waals surface area contributed by atoms with Crippen LogP contribution in [0.3, 0.4) is 0 Å². The minimum atomic E-state index is -0.653. The van der Waals surface area contributed by atoms with Crippen molar-refractivity contribution < 1.29 is 4.39 Å². The van der Waals surface area contributed by atoms with Crippen LogP contribution in [0.25, 0.3) is 6.08 Å². The molecule has 0 aromatic carbocycles. The average Bonchev–Trinajstić information content (AvgIpc) is 2.07. The fourth-order valence-electron chi connectivity index (χ4n) is 0.708. The molecule has 0 aliphatic heterocycles. The molecule has 64 valence electrons. The molecule has 0 unspecified atom stereocenters. The predicted molar refractivity (Wildman–Crippen MR) is 49.0 cm³/mol. The van der Waals surface area contributed by atoms with Gasteiger partial charge in [0.15, 0.2) is 0 Å². The molecule has 4 heteroatoms. The van der Waals surface area contributed by atoms with Crippen LogP contribution >= 0.6 is 23.2 Å². The Balaban J connectivity index is 2.89. The molecule has 1 rings (SSSR count). The van der Waals surface area contributed by atoms with Crippen LogP contribution in [-0.2, 0) is 0 Å². The molecular weight excluding hydrogens is 200 g/mol. The largest absolute Gasteiger partial charge is 0.231 e. The smallest absolute Gasteiger partial charge is 0.226 e. The molecule has 0 N–H and O–H groups in total. The van der Waals surface area contributed by atoms with Gasteiger partial charge in [-0.05, 0) is 11.6 Å². The number of rotatable bonds is 2. The van der Waals surface area contributed by atoms with Gasteiger partial charge in [0.05, 0.1) is 5.02 Å². The Morgan fingerprint density at radius 1 is 1.58 bits per heavy atom. The SMILES string of the molecule is Fc1ncc(C=CCCl)cc1Cl. The van der Waals surface area contributed by atoms with Crippen LogP contribution < -0.4 is 0 Å². The zero-order valence-corrected chi connectivity index (χ0v) is 7.61. The first-order valence-corrected chi connectivity index (χ1v) is 4.19. The summed E-state index contributed by atoms with van der Waals surface area (Å²) in [5.41, 5.74) is 0.738. The van der Waals surface area contributed by atoms with Gasteiger partial charge in [0.25, 0.3) is 0 Å². The van der Waals surface area contributed by atoms with Gasteiger partial charge in [0.2, 0.25) is 5.95 Å². The summed E-state index contributed by atoms with van der Waals surface area (Å²) in [4.78, 5) is 3.44. The number of allylic oxidation sites excluding steroid dienone is 1. The Morgan fingerprint density at radius 3 is 2.92 bits per heavy atom. The third-order valence-corrected chi connectivity index (χ3v) is 1.66. The van der Waals surface area contributed by atoms with E-state index < -0.39 is 5.95 Å². The zero-order chi connectivity index (χ0) is 8.97. The molecule has 0 saturated heterocycles. The molecule has 0 amide bonds. The van der Waals surface area contributed by atoms with Crippen LogP contribution in [-0.4, -0.2) is 10.9 Å². The summed E-state index contributed by atoms with van der Waals surface area (Å²) in [6, 6.07) is 1.49. The molecule has 0 fully saturated rings. The van der Waals surface area contributed by atoms with Gasteiger partial charge < -0.3 is 0 Å². The van der Waals surface area contributed by atoms with E-state index in [1.807, 2.05) is 0 Å². The summed E-state index contributed by atoms with van der Waals surface area (Å²) in [5, 5.41) is 0.0201. The highest BCUT2D eigenvalue weighted by Gasteiger charge is 1.99. The lowest BCUT2D eigenvalue weighted by molar-refractivity contribution is 0.584. The third kappa shape index (κ3) is 2.47. The van der Waals surface area contributed by atoms with Crippen LogP contribution in [0.1, 0.15) is 5.56 Å². The number of halogens is 3. The molecule has 1 nitrogen and oxygen atoms in total. The van der Waals surface area contributed by atoms with E-state index in [-0.39, 0.29) is 5.02 Å². The van der Waals surface area contributed by atoms with Crippen LogP contribution in [0.4, 0.5) is 4.39 Å². The van der Waals surface area contributed by atoms with Gasteiger partial charge in [-0.2, -0.15) is 4.39 Å². The van der Waals surface area contributed by atoms with Crippen molar-refractivity contribution in [2.24, 2.45) is 0 Å². The summed E-state index contributed by atoms with van der Waals surface area (Å²) >= 11 is 10.9. The Kier molecular flexibility index (Phi) is 3.50. The Labute approximate surface area is 79.8 Å². The van der Waals surface area contributed by atoms with Crippen molar-refractivity contribution in [2.75, 3.05) is 5.88 Å². The Morgan fingerprint density at radius 2 is 2.33 bits per heavy atom. The van der Waals surface area contributed by atoms with Crippen LogP contribution in [0.15, 0.2) is 18.3 Å². The average molecular weight is 206 g/mol.